The number of benzene rings is 2. The van der Waals surface area contributed by atoms with E-state index in [0.717, 1.165) is 11.0 Å². The molecule has 0 saturated carbocycles. The van der Waals surface area contributed by atoms with Crippen molar-refractivity contribution >= 4 is 28.6 Å². The molecule has 2 aromatic carbocycles. The number of hydrogen-bond acceptors (Lipinski definition) is 3. The van der Waals surface area contributed by atoms with Crippen LogP contribution in [-0.2, 0) is 0 Å². The topological polar surface area (TPSA) is 78.0 Å². The Balaban J connectivity index is 1.94. The van der Waals surface area contributed by atoms with Crippen LogP contribution < -0.4 is 5.32 Å². The zero-order valence-corrected chi connectivity index (χ0v) is 11.8. The number of carboxylic acid groups (broad SMARTS) is 1. The van der Waals surface area contributed by atoms with Crippen LogP contribution in [-0.4, -0.2) is 21.0 Å². The zero-order chi connectivity index (χ0) is 15.0. The lowest BCUT2D eigenvalue weighted by atomic mass is 10.1. The van der Waals surface area contributed by atoms with Gasteiger partial charge in [0.2, 0.25) is 5.95 Å². The van der Waals surface area contributed by atoms with Crippen molar-refractivity contribution in [3.63, 3.8) is 0 Å². The molecule has 0 aliphatic rings. The maximum atomic E-state index is 11.0. The molecule has 0 amide bonds. The highest BCUT2D eigenvalue weighted by molar-refractivity contribution is 5.89. The molecule has 0 bridgehead atoms. The highest BCUT2D eigenvalue weighted by Gasteiger charge is 2.07. The first kappa shape index (κ1) is 13.2. The summed E-state index contributed by atoms with van der Waals surface area (Å²) in [6, 6.07) is 10.7. The third-order valence-corrected chi connectivity index (χ3v) is 3.47. The zero-order valence-electron chi connectivity index (χ0n) is 11.8. The number of aromatic nitrogens is 2. The van der Waals surface area contributed by atoms with E-state index in [1.165, 1.54) is 11.1 Å². The van der Waals surface area contributed by atoms with Gasteiger partial charge in [-0.05, 0) is 55.3 Å². The van der Waals surface area contributed by atoms with Gasteiger partial charge in [-0.3, -0.25) is 0 Å². The van der Waals surface area contributed by atoms with E-state index in [-0.39, 0.29) is 5.56 Å². The third-order valence-electron chi connectivity index (χ3n) is 3.47. The lowest BCUT2D eigenvalue weighted by molar-refractivity contribution is 0.0697. The molecule has 0 spiro atoms. The van der Waals surface area contributed by atoms with Crippen LogP contribution in [0.4, 0.5) is 11.6 Å². The SMILES string of the molecule is Cc1cc2nc(Nc3cccc(C(=O)O)c3)[nH]c2cc1C. The van der Waals surface area contributed by atoms with E-state index in [1.54, 1.807) is 24.3 Å². The first-order valence-corrected chi connectivity index (χ1v) is 6.60. The number of H-pyrrole nitrogens is 1. The summed E-state index contributed by atoms with van der Waals surface area (Å²) in [6.07, 6.45) is 0. The minimum Gasteiger partial charge on any atom is -0.478 e. The fourth-order valence-corrected chi connectivity index (χ4v) is 2.20. The number of aromatic carboxylic acids is 1. The fourth-order valence-electron chi connectivity index (χ4n) is 2.20. The molecule has 3 rings (SSSR count). The second-order valence-electron chi connectivity index (χ2n) is 5.05. The number of fused-ring (bicyclic) bond motifs is 1. The number of rotatable bonds is 3. The molecular formula is C16H15N3O2. The van der Waals surface area contributed by atoms with Gasteiger partial charge in [-0.15, -0.1) is 0 Å². The smallest absolute Gasteiger partial charge is 0.335 e. The van der Waals surface area contributed by atoms with Gasteiger partial charge in [-0.2, -0.15) is 0 Å². The number of carbonyl (C=O) groups is 1. The Bertz CT molecular complexity index is 798. The molecule has 106 valence electrons. The van der Waals surface area contributed by atoms with Gasteiger partial charge < -0.3 is 15.4 Å². The molecule has 0 aliphatic heterocycles. The summed E-state index contributed by atoms with van der Waals surface area (Å²) in [5, 5.41) is 12.1. The van der Waals surface area contributed by atoms with Gasteiger partial charge in [-0.25, -0.2) is 9.78 Å². The van der Waals surface area contributed by atoms with Gasteiger partial charge in [0.15, 0.2) is 0 Å². The Morgan fingerprint density at radius 1 is 1.19 bits per heavy atom. The highest BCUT2D eigenvalue weighted by Crippen LogP contribution is 2.21. The Morgan fingerprint density at radius 2 is 1.95 bits per heavy atom. The largest absolute Gasteiger partial charge is 0.478 e. The van der Waals surface area contributed by atoms with Crippen LogP contribution in [0.5, 0.6) is 0 Å². The molecule has 21 heavy (non-hydrogen) atoms. The van der Waals surface area contributed by atoms with Gasteiger partial charge in [0.25, 0.3) is 0 Å². The van der Waals surface area contributed by atoms with Gasteiger partial charge >= 0.3 is 5.97 Å². The highest BCUT2D eigenvalue weighted by atomic mass is 16.4. The van der Waals surface area contributed by atoms with E-state index < -0.39 is 5.97 Å². The van der Waals surface area contributed by atoms with E-state index in [9.17, 15) is 4.79 Å². The molecule has 0 fully saturated rings. The van der Waals surface area contributed by atoms with Crippen molar-refractivity contribution in [1.29, 1.82) is 0 Å². The second-order valence-corrected chi connectivity index (χ2v) is 5.05. The van der Waals surface area contributed by atoms with Gasteiger partial charge in [0, 0.05) is 5.69 Å². The average Bonchev–Trinajstić information content (AvgIpc) is 2.80. The summed E-state index contributed by atoms with van der Waals surface area (Å²) in [7, 11) is 0. The number of imidazole rings is 1. The van der Waals surface area contributed by atoms with Crippen molar-refractivity contribution in [2.75, 3.05) is 5.32 Å². The molecule has 5 heteroatoms. The number of aromatic amines is 1. The molecule has 0 unspecified atom stereocenters. The third kappa shape index (κ3) is 2.58. The first-order valence-electron chi connectivity index (χ1n) is 6.60. The number of nitrogens with zero attached hydrogens (tertiary/aromatic N) is 1. The van der Waals surface area contributed by atoms with Crippen LogP contribution in [0.1, 0.15) is 21.5 Å². The van der Waals surface area contributed by atoms with Crippen molar-refractivity contribution in [3.05, 3.63) is 53.1 Å². The molecule has 0 atom stereocenters. The Kier molecular flexibility index (Phi) is 3.10. The van der Waals surface area contributed by atoms with E-state index >= 15 is 0 Å². The average molecular weight is 281 g/mol. The molecule has 3 aromatic rings. The number of anilines is 2. The molecular weight excluding hydrogens is 266 g/mol. The quantitative estimate of drug-likeness (QED) is 0.685. The minimum absolute atomic E-state index is 0.239. The summed E-state index contributed by atoms with van der Waals surface area (Å²) in [6.45, 7) is 4.10. The fraction of sp³-hybridized carbons (Fsp3) is 0.125. The lowest BCUT2D eigenvalue weighted by Crippen LogP contribution is -1.98. The molecule has 0 aliphatic carbocycles. The van der Waals surface area contributed by atoms with Crippen molar-refractivity contribution < 1.29 is 9.90 Å². The van der Waals surface area contributed by atoms with Gasteiger partial charge in [0.1, 0.15) is 0 Å². The number of aryl methyl sites for hydroxylation is 2. The summed E-state index contributed by atoms with van der Waals surface area (Å²) in [5.74, 6) is -0.355. The van der Waals surface area contributed by atoms with Crippen LogP contribution in [0.15, 0.2) is 36.4 Å². The normalized spacial score (nSPS) is 10.8. The Labute approximate surface area is 121 Å². The minimum atomic E-state index is -0.950. The molecule has 5 nitrogen and oxygen atoms in total. The molecule has 3 N–H and O–H groups in total. The van der Waals surface area contributed by atoms with E-state index in [0.29, 0.717) is 11.6 Å². The lowest BCUT2D eigenvalue weighted by Gasteiger charge is -2.03. The maximum Gasteiger partial charge on any atom is 0.335 e. The maximum absolute atomic E-state index is 11.0. The molecule has 1 aromatic heterocycles. The van der Waals surface area contributed by atoms with Crippen LogP contribution in [0.3, 0.4) is 0 Å². The van der Waals surface area contributed by atoms with Gasteiger partial charge in [0.05, 0.1) is 16.6 Å². The Hall–Kier alpha value is -2.82. The van der Waals surface area contributed by atoms with Crippen LogP contribution >= 0.6 is 0 Å². The number of hydrogen-bond donors (Lipinski definition) is 3. The second kappa shape index (κ2) is 4.94. The number of carboxylic acids is 1. The van der Waals surface area contributed by atoms with E-state index in [1.807, 2.05) is 13.0 Å². The van der Waals surface area contributed by atoms with Crippen LogP contribution in [0.25, 0.3) is 11.0 Å². The standard InChI is InChI=1S/C16H15N3O2/c1-9-6-13-14(7-10(9)2)19-16(18-13)17-12-5-3-4-11(8-12)15(20)21/h3-8H,1-2H3,(H,20,21)(H2,17,18,19). The predicted octanol–water partition coefficient (Wildman–Crippen LogP) is 3.62. The Morgan fingerprint density at radius 3 is 2.71 bits per heavy atom. The van der Waals surface area contributed by atoms with Gasteiger partial charge in [-0.1, -0.05) is 6.07 Å². The van der Waals surface area contributed by atoms with Crippen molar-refractivity contribution in [2.45, 2.75) is 13.8 Å². The van der Waals surface area contributed by atoms with E-state index in [4.69, 9.17) is 5.11 Å². The van der Waals surface area contributed by atoms with Crippen LogP contribution in [0, 0.1) is 13.8 Å². The van der Waals surface area contributed by atoms with E-state index in [2.05, 4.69) is 28.3 Å². The first-order chi connectivity index (χ1) is 10.0. The monoisotopic (exact) mass is 281 g/mol. The summed E-state index contributed by atoms with van der Waals surface area (Å²) >= 11 is 0. The van der Waals surface area contributed by atoms with Crippen molar-refractivity contribution in [1.82, 2.24) is 9.97 Å². The van der Waals surface area contributed by atoms with Crippen LogP contribution in [0.2, 0.25) is 0 Å². The van der Waals surface area contributed by atoms with Crippen molar-refractivity contribution in [3.8, 4) is 0 Å². The molecule has 0 saturated heterocycles. The molecule has 1 heterocycles. The predicted molar refractivity (Wildman–Crippen MR) is 82.3 cm³/mol. The van der Waals surface area contributed by atoms with Crippen molar-refractivity contribution in [2.24, 2.45) is 0 Å². The summed E-state index contributed by atoms with van der Waals surface area (Å²) < 4.78 is 0. The molecule has 0 radical (unpaired) electrons. The summed E-state index contributed by atoms with van der Waals surface area (Å²) in [5.41, 5.74) is 5.15. The summed E-state index contributed by atoms with van der Waals surface area (Å²) in [4.78, 5) is 18.6. The number of nitrogens with one attached hydrogen (secondary N) is 2.